The number of hydrogen-bond acceptors (Lipinski definition) is 3. The Bertz CT molecular complexity index is 628. The van der Waals surface area contributed by atoms with Crippen molar-refractivity contribution in [2.75, 3.05) is 18.0 Å². The van der Waals surface area contributed by atoms with Gasteiger partial charge in [-0.2, -0.15) is 0 Å². The average Bonchev–Trinajstić information content (AvgIpc) is 2.58. The molecule has 22 heavy (non-hydrogen) atoms. The summed E-state index contributed by atoms with van der Waals surface area (Å²) in [5.74, 6) is -1.49. The molecule has 0 saturated carbocycles. The first kappa shape index (κ1) is 14.9. The summed E-state index contributed by atoms with van der Waals surface area (Å²) in [5, 5.41) is 10.4. The lowest BCUT2D eigenvalue weighted by Gasteiger charge is -2.35. The summed E-state index contributed by atoms with van der Waals surface area (Å²) in [6, 6.07) is 7.67. The van der Waals surface area contributed by atoms with Gasteiger partial charge in [0.1, 0.15) is 0 Å². The highest BCUT2D eigenvalue weighted by Crippen LogP contribution is 2.32. The number of anilines is 1. The third-order valence-corrected chi connectivity index (χ3v) is 4.28. The maximum absolute atomic E-state index is 13.3. The van der Waals surface area contributed by atoms with Crippen molar-refractivity contribution in [1.29, 1.82) is 0 Å². The summed E-state index contributed by atoms with van der Waals surface area (Å²) in [6.07, 6.45) is 4.44. The van der Waals surface area contributed by atoms with Crippen LogP contribution in [0.25, 0.3) is 0 Å². The molecule has 0 aliphatic carbocycles. The molecule has 116 valence electrons. The predicted octanol–water partition coefficient (Wildman–Crippen LogP) is 3.31. The van der Waals surface area contributed by atoms with Crippen LogP contribution >= 0.6 is 0 Å². The fourth-order valence-electron chi connectivity index (χ4n) is 2.98. The molecular formula is C17H18F2N2O. The van der Waals surface area contributed by atoms with Crippen LogP contribution < -0.4 is 4.90 Å². The molecule has 2 heterocycles. The second kappa shape index (κ2) is 6.40. The molecule has 3 nitrogen and oxygen atoms in total. The number of rotatable bonds is 3. The highest BCUT2D eigenvalue weighted by atomic mass is 19.2. The van der Waals surface area contributed by atoms with Crippen LogP contribution in [-0.4, -0.2) is 23.2 Å². The van der Waals surface area contributed by atoms with E-state index in [-0.39, 0.29) is 5.92 Å². The van der Waals surface area contributed by atoms with E-state index in [1.807, 2.05) is 17.0 Å². The average molecular weight is 304 g/mol. The number of aliphatic hydroxyl groups is 1. The molecule has 5 heteroatoms. The number of pyridine rings is 1. The minimum atomic E-state index is -0.828. The summed E-state index contributed by atoms with van der Waals surface area (Å²) >= 11 is 0. The molecule has 1 atom stereocenters. The minimum Gasteiger partial charge on any atom is -0.388 e. The second-order valence-corrected chi connectivity index (χ2v) is 5.65. The molecule has 1 N–H and O–H groups in total. The molecular weight excluding hydrogens is 286 g/mol. The van der Waals surface area contributed by atoms with Gasteiger partial charge in [-0.15, -0.1) is 0 Å². The zero-order valence-corrected chi connectivity index (χ0v) is 12.1. The Morgan fingerprint density at radius 1 is 1.14 bits per heavy atom. The lowest BCUT2D eigenvalue weighted by atomic mass is 9.88. The third kappa shape index (κ3) is 3.09. The number of benzene rings is 1. The van der Waals surface area contributed by atoms with Crippen LogP contribution in [0.3, 0.4) is 0 Å². The third-order valence-electron chi connectivity index (χ3n) is 4.28. The number of piperidine rings is 1. The Labute approximate surface area is 128 Å². The van der Waals surface area contributed by atoms with Gasteiger partial charge in [0.25, 0.3) is 0 Å². The van der Waals surface area contributed by atoms with Crippen molar-refractivity contribution in [2.45, 2.75) is 18.9 Å². The molecule has 1 aromatic carbocycles. The molecule has 1 aromatic heterocycles. The van der Waals surface area contributed by atoms with E-state index in [1.54, 1.807) is 18.5 Å². The highest BCUT2D eigenvalue weighted by Gasteiger charge is 2.26. The summed E-state index contributed by atoms with van der Waals surface area (Å²) in [4.78, 5) is 6.06. The lowest BCUT2D eigenvalue weighted by molar-refractivity contribution is 0.0926. The van der Waals surface area contributed by atoms with Crippen LogP contribution in [0.15, 0.2) is 42.7 Å². The van der Waals surface area contributed by atoms with Gasteiger partial charge < -0.3 is 10.0 Å². The monoisotopic (exact) mass is 304 g/mol. The molecule has 0 amide bonds. The van der Waals surface area contributed by atoms with E-state index < -0.39 is 17.7 Å². The first-order valence-electron chi connectivity index (χ1n) is 7.43. The van der Waals surface area contributed by atoms with Crippen molar-refractivity contribution in [2.24, 2.45) is 5.92 Å². The minimum absolute atomic E-state index is 0.158. The normalized spacial score (nSPS) is 17.5. The summed E-state index contributed by atoms with van der Waals surface area (Å²) in [5.41, 5.74) is 1.52. The van der Waals surface area contributed by atoms with Gasteiger partial charge in [-0.1, -0.05) is 6.07 Å². The second-order valence-electron chi connectivity index (χ2n) is 5.65. The van der Waals surface area contributed by atoms with Gasteiger partial charge in [0.2, 0.25) is 0 Å². The van der Waals surface area contributed by atoms with Gasteiger partial charge in [0.15, 0.2) is 11.6 Å². The molecule has 0 bridgehead atoms. The Hall–Kier alpha value is -2.01. The smallest absolute Gasteiger partial charge is 0.160 e. The SMILES string of the molecule is O[C@H](c1cccnc1)C1CCN(c2ccc(F)c(F)c2)CC1. The quantitative estimate of drug-likeness (QED) is 0.945. The molecule has 1 fully saturated rings. The molecule has 1 saturated heterocycles. The lowest BCUT2D eigenvalue weighted by Crippen LogP contribution is -2.35. The first-order valence-corrected chi connectivity index (χ1v) is 7.43. The van der Waals surface area contributed by atoms with Crippen LogP contribution in [0.2, 0.25) is 0 Å². The molecule has 0 unspecified atom stereocenters. The Kier molecular flexibility index (Phi) is 4.34. The Morgan fingerprint density at radius 3 is 2.55 bits per heavy atom. The van der Waals surface area contributed by atoms with E-state index in [9.17, 15) is 13.9 Å². The van der Waals surface area contributed by atoms with E-state index >= 15 is 0 Å². The van der Waals surface area contributed by atoms with Gasteiger partial charge in [0, 0.05) is 37.2 Å². The summed E-state index contributed by atoms with van der Waals surface area (Å²) < 4.78 is 26.3. The molecule has 1 aliphatic rings. The Morgan fingerprint density at radius 2 is 1.91 bits per heavy atom. The predicted molar refractivity (Wildman–Crippen MR) is 80.5 cm³/mol. The van der Waals surface area contributed by atoms with Gasteiger partial charge >= 0.3 is 0 Å². The van der Waals surface area contributed by atoms with Crippen LogP contribution in [-0.2, 0) is 0 Å². The Balaban J connectivity index is 1.64. The van der Waals surface area contributed by atoms with Crippen LogP contribution in [0, 0.1) is 17.6 Å². The fraction of sp³-hybridized carbons (Fsp3) is 0.353. The number of halogens is 2. The summed E-state index contributed by atoms with van der Waals surface area (Å²) in [6.45, 7) is 1.43. The highest BCUT2D eigenvalue weighted by molar-refractivity contribution is 5.47. The molecule has 2 aromatic rings. The molecule has 3 rings (SSSR count). The molecule has 0 radical (unpaired) electrons. The largest absolute Gasteiger partial charge is 0.388 e. The zero-order chi connectivity index (χ0) is 15.5. The zero-order valence-electron chi connectivity index (χ0n) is 12.1. The van der Waals surface area contributed by atoms with E-state index in [2.05, 4.69) is 4.98 Å². The van der Waals surface area contributed by atoms with Crippen molar-refractivity contribution in [1.82, 2.24) is 4.98 Å². The van der Waals surface area contributed by atoms with Gasteiger partial charge in [-0.25, -0.2) is 8.78 Å². The van der Waals surface area contributed by atoms with E-state index in [4.69, 9.17) is 0 Å². The maximum atomic E-state index is 13.3. The molecule has 0 spiro atoms. The fourth-order valence-corrected chi connectivity index (χ4v) is 2.98. The number of hydrogen-bond donors (Lipinski definition) is 1. The van der Waals surface area contributed by atoms with Crippen LogP contribution in [0.5, 0.6) is 0 Å². The van der Waals surface area contributed by atoms with Gasteiger partial charge in [-0.3, -0.25) is 4.98 Å². The van der Waals surface area contributed by atoms with E-state index in [0.29, 0.717) is 18.8 Å². The number of aliphatic hydroxyl groups excluding tert-OH is 1. The van der Waals surface area contributed by atoms with Crippen LogP contribution in [0.4, 0.5) is 14.5 Å². The van der Waals surface area contributed by atoms with Crippen LogP contribution in [0.1, 0.15) is 24.5 Å². The topological polar surface area (TPSA) is 36.4 Å². The first-order chi connectivity index (χ1) is 10.6. The van der Waals surface area contributed by atoms with E-state index in [1.165, 1.54) is 6.07 Å². The van der Waals surface area contributed by atoms with Gasteiger partial charge in [-0.05, 0) is 42.5 Å². The van der Waals surface area contributed by atoms with E-state index in [0.717, 1.165) is 24.5 Å². The standard InChI is InChI=1S/C17H18F2N2O/c18-15-4-3-14(10-16(15)19)21-8-5-12(6-9-21)17(22)13-2-1-7-20-11-13/h1-4,7,10-12,17,22H,5-6,8-9H2/t17-/m0/s1. The van der Waals surface area contributed by atoms with Crippen molar-refractivity contribution < 1.29 is 13.9 Å². The maximum Gasteiger partial charge on any atom is 0.160 e. The van der Waals surface area contributed by atoms with Gasteiger partial charge in [0.05, 0.1) is 6.10 Å². The van der Waals surface area contributed by atoms with Crippen molar-refractivity contribution >= 4 is 5.69 Å². The van der Waals surface area contributed by atoms with Crippen molar-refractivity contribution in [3.05, 3.63) is 59.9 Å². The number of aromatic nitrogens is 1. The summed E-state index contributed by atoms with van der Waals surface area (Å²) in [7, 11) is 0. The van der Waals surface area contributed by atoms with Crippen molar-refractivity contribution in [3.8, 4) is 0 Å². The molecule has 1 aliphatic heterocycles. The number of nitrogens with zero attached hydrogens (tertiary/aromatic N) is 2. The van der Waals surface area contributed by atoms with Crippen molar-refractivity contribution in [3.63, 3.8) is 0 Å².